The Labute approximate surface area is 130 Å². The number of aryl methyl sites for hydroxylation is 2. The average molecular weight is 300 g/mol. The van der Waals surface area contributed by atoms with Crippen LogP contribution in [0.1, 0.15) is 43.6 Å². The first-order valence-electron chi connectivity index (χ1n) is 7.18. The van der Waals surface area contributed by atoms with Crippen LogP contribution in [0, 0.1) is 13.8 Å². The smallest absolute Gasteiger partial charge is 0.251 e. The maximum absolute atomic E-state index is 11.9. The van der Waals surface area contributed by atoms with E-state index < -0.39 is 0 Å². The summed E-state index contributed by atoms with van der Waals surface area (Å²) in [5.41, 5.74) is 6.38. The molecule has 108 valence electrons. The topological polar surface area (TPSA) is 29.1 Å². The third kappa shape index (κ3) is 2.68. The highest BCUT2D eigenvalue weighted by Gasteiger charge is 2.19. The molecule has 1 aliphatic heterocycles. The van der Waals surface area contributed by atoms with Gasteiger partial charge in [0.25, 0.3) is 5.91 Å². The van der Waals surface area contributed by atoms with Gasteiger partial charge in [-0.15, -0.1) is 11.6 Å². The van der Waals surface area contributed by atoms with Crippen molar-refractivity contribution in [3.63, 3.8) is 0 Å². The van der Waals surface area contributed by atoms with E-state index in [0.29, 0.717) is 6.54 Å². The van der Waals surface area contributed by atoms with Gasteiger partial charge in [-0.1, -0.05) is 30.3 Å². The number of halogens is 1. The number of fused-ring (bicyclic) bond motifs is 1. The molecule has 0 saturated heterocycles. The van der Waals surface area contributed by atoms with Gasteiger partial charge in [0.1, 0.15) is 0 Å². The first-order valence-corrected chi connectivity index (χ1v) is 7.62. The fourth-order valence-corrected chi connectivity index (χ4v) is 2.97. The second kappa shape index (κ2) is 5.53. The molecule has 1 aliphatic rings. The Morgan fingerprint density at radius 3 is 2.52 bits per heavy atom. The third-order valence-corrected chi connectivity index (χ3v) is 4.68. The molecule has 0 aliphatic carbocycles. The number of carbonyl (C=O) groups is 1. The highest BCUT2D eigenvalue weighted by molar-refractivity contribution is 6.22. The minimum absolute atomic E-state index is 0.00190. The molecule has 1 amide bonds. The Morgan fingerprint density at radius 2 is 1.76 bits per heavy atom. The lowest BCUT2D eigenvalue weighted by Gasteiger charge is -2.19. The Morgan fingerprint density at radius 1 is 1.05 bits per heavy atom. The molecule has 1 atom stereocenters. The van der Waals surface area contributed by atoms with Crippen LogP contribution in [-0.2, 0) is 6.42 Å². The summed E-state index contributed by atoms with van der Waals surface area (Å²) in [6.45, 7) is 4.89. The molecule has 0 bridgehead atoms. The van der Waals surface area contributed by atoms with E-state index in [-0.39, 0.29) is 11.3 Å². The molecule has 21 heavy (non-hydrogen) atoms. The molecule has 0 spiro atoms. The van der Waals surface area contributed by atoms with Gasteiger partial charge in [0.2, 0.25) is 0 Å². The lowest BCUT2D eigenvalue weighted by atomic mass is 9.94. The summed E-state index contributed by atoms with van der Waals surface area (Å²) in [6.07, 6.45) is 0.887. The van der Waals surface area contributed by atoms with Gasteiger partial charge in [-0.3, -0.25) is 4.79 Å². The Balaban J connectivity index is 1.98. The zero-order valence-electron chi connectivity index (χ0n) is 12.2. The van der Waals surface area contributed by atoms with Gasteiger partial charge in [0.15, 0.2) is 0 Å². The van der Waals surface area contributed by atoms with Crippen molar-refractivity contribution in [2.24, 2.45) is 0 Å². The Kier molecular flexibility index (Phi) is 3.73. The number of alkyl halides is 1. The van der Waals surface area contributed by atoms with Crippen LogP contribution >= 0.6 is 11.6 Å². The molecule has 2 aromatic rings. The predicted molar refractivity (Wildman–Crippen MR) is 86.1 cm³/mol. The number of carbonyl (C=O) groups excluding carboxylic acids is 1. The maximum atomic E-state index is 11.9. The molecule has 0 saturated carbocycles. The molecule has 0 fully saturated rings. The Hall–Kier alpha value is -1.80. The number of hydrogen-bond donors (Lipinski definition) is 1. The zero-order chi connectivity index (χ0) is 15.0. The van der Waals surface area contributed by atoms with Crippen molar-refractivity contribution < 1.29 is 4.79 Å². The summed E-state index contributed by atoms with van der Waals surface area (Å²) in [4.78, 5) is 11.9. The molecule has 1 heterocycles. The monoisotopic (exact) mass is 299 g/mol. The van der Waals surface area contributed by atoms with E-state index in [1.807, 2.05) is 18.2 Å². The fraction of sp³-hybridized carbons (Fsp3) is 0.278. The van der Waals surface area contributed by atoms with Crippen LogP contribution < -0.4 is 5.32 Å². The molecule has 1 N–H and O–H groups in total. The van der Waals surface area contributed by atoms with Crippen LogP contribution in [0.5, 0.6) is 0 Å². The lowest BCUT2D eigenvalue weighted by Crippen LogP contribution is -2.31. The summed E-state index contributed by atoms with van der Waals surface area (Å²) in [6, 6.07) is 12.2. The van der Waals surface area contributed by atoms with Crippen molar-refractivity contribution in [3.05, 3.63) is 69.8 Å². The molecule has 0 aromatic heterocycles. The summed E-state index contributed by atoms with van der Waals surface area (Å²) in [5, 5.41) is 2.65. The Bertz CT molecular complexity index is 708. The molecule has 3 heteroatoms. The van der Waals surface area contributed by atoms with Gasteiger partial charge < -0.3 is 5.32 Å². The molecule has 3 rings (SSSR count). The van der Waals surface area contributed by atoms with Crippen LogP contribution in [-0.4, -0.2) is 12.5 Å². The van der Waals surface area contributed by atoms with Gasteiger partial charge in [-0.05, 0) is 54.2 Å². The number of amides is 1. The van der Waals surface area contributed by atoms with Crippen LogP contribution in [0.3, 0.4) is 0 Å². The second-order valence-electron chi connectivity index (χ2n) is 5.63. The van der Waals surface area contributed by atoms with Gasteiger partial charge in [0, 0.05) is 12.1 Å². The number of benzene rings is 2. The second-order valence-corrected chi connectivity index (χ2v) is 6.07. The van der Waals surface area contributed by atoms with Crippen molar-refractivity contribution >= 4 is 17.5 Å². The third-order valence-electron chi connectivity index (χ3n) is 4.17. The number of hydrogen-bond acceptors (Lipinski definition) is 1. The van der Waals surface area contributed by atoms with E-state index in [1.54, 1.807) is 0 Å². The van der Waals surface area contributed by atoms with Crippen LogP contribution in [0.2, 0.25) is 0 Å². The van der Waals surface area contributed by atoms with Crippen LogP contribution in [0.15, 0.2) is 36.4 Å². The normalized spacial score (nSPS) is 15.3. The van der Waals surface area contributed by atoms with Crippen LogP contribution in [0.25, 0.3) is 0 Å². The fourth-order valence-electron chi connectivity index (χ4n) is 2.70. The molecule has 1 unspecified atom stereocenters. The minimum atomic E-state index is -0.232. The van der Waals surface area contributed by atoms with E-state index in [1.165, 1.54) is 11.1 Å². The van der Waals surface area contributed by atoms with Crippen molar-refractivity contribution in [3.8, 4) is 0 Å². The lowest BCUT2D eigenvalue weighted by molar-refractivity contribution is 0.0946. The highest BCUT2D eigenvalue weighted by Crippen LogP contribution is 2.31. The van der Waals surface area contributed by atoms with Gasteiger partial charge in [-0.25, -0.2) is 0 Å². The standard InChI is InChI=1S/C18H18ClNO/c1-11-3-4-14(9-12(11)2)17(19)15-6-5-13-7-8-20-18(21)16(13)10-15/h3-6,9-10,17H,7-8H2,1-2H3,(H,20,21). The molecule has 2 nitrogen and oxygen atoms in total. The van der Waals surface area contributed by atoms with Gasteiger partial charge >= 0.3 is 0 Å². The first-order chi connectivity index (χ1) is 10.1. The molecular weight excluding hydrogens is 282 g/mol. The van der Waals surface area contributed by atoms with Crippen molar-refractivity contribution in [2.75, 3.05) is 6.54 Å². The van der Waals surface area contributed by atoms with Crippen molar-refractivity contribution in [1.82, 2.24) is 5.32 Å². The van der Waals surface area contributed by atoms with Crippen LogP contribution in [0.4, 0.5) is 0 Å². The van der Waals surface area contributed by atoms with Gasteiger partial charge in [-0.2, -0.15) is 0 Å². The van der Waals surface area contributed by atoms with E-state index in [0.717, 1.165) is 28.7 Å². The quantitative estimate of drug-likeness (QED) is 0.837. The average Bonchev–Trinajstić information content (AvgIpc) is 2.49. The number of rotatable bonds is 2. The summed E-state index contributed by atoms with van der Waals surface area (Å²) < 4.78 is 0. The SMILES string of the molecule is Cc1ccc(C(Cl)c2ccc3c(c2)C(=O)NCC3)cc1C. The van der Waals surface area contributed by atoms with Crippen molar-refractivity contribution in [2.45, 2.75) is 25.6 Å². The number of nitrogens with one attached hydrogen (secondary N) is 1. The van der Waals surface area contributed by atoms with Gasteiger partial charge in [0.05, 0.1) is 5.38 Å². The largest absolute Gasteiger partial charge is 0.352 e. The van der Waals surface area contributed by atoms with E-state index >= 15 is 0 Å². The van der Waals surface area contributed by atoms with E-state index in [4.69, 9.17) is 11.6 Å². The summed E-state index contributed by atoms with van der Waals surface area (Å²) in [5.74, 6) is 0.00190. The predicted octanol–water partition coefficient (Wildman–Crippen LogP) is 3.92. The molecule has 2 aromatic carbocycles. The molecular formula is C18H18ClNO. The summed E-state index contributed by atoms with van der Waals surface area (Å²) in [7, 11) is 0. The van der Waals surface area contributed by atoms with E-state index in [9.17, 15) is 4.79 Å². The summed E-state index contributed by atoms with van der Waals surface area (Å²) >= 11 is 6.61. The van der Waals surface area contributed by atoms with E-state index in [2.05, 4.69) is 37.4 Å². The first kappa shape index (κ1) is 14.2. The minimum Gasteiger partial charge on any atom is -0.352 e. The zero-order valence-corrected chi connectivity index (χ0v) is 13.0. The molecule has 0 radical (unpaired) electrons. The maximum Gasteiger partial charge on any atom is 0.251 e. The highest BCUT2D eigenvalue weighted by atomic mass is 35.5. The van der Waals surface area contributed by atoms with Crippen molar-refractivity contribution in [1.29, 1.82) is 0 Å².